The van der Waals surface area contributed by atoms with Gasteiger partial charge in [0.15, 0.2) is 12.8 Å². The highest BCUT2D eigenvalue weighted by Crippen LogP contribution is 2.19. The van der Waals surface area contributed by atoms with E-state index < -0.39 is 0 Å². The summed E-state index contributed by atoms with van der Waals surface area (Å²) >= 11 is 0. The molecule has 1 saturated heterocycles. The Labute approximate surface area is 121 Å². The summed E-state index contributed by atoms with van der Waals surface area (Å²) in [4.78, 5) is 22.4. The molecule has 3 rings (SSSR count). The molecule has 7 nitrogen and oxygen atoms in total. The summed E-state index contributed by atoms with van der Waals surface area (Å²) in [5.74, 6) is 0.367. The lowest BCUT2D eigenvalue weighted by molar-refractivity contribution is -0.133. The van der Waals surface area contributed by atoms with Crippen molar-refractivity contribution < 1.29 is 18.4 Å². The van der Waals surface area contributed by atoms with E-state index in [2.05, 4.69) is 9.97 Å². The summed E-state index contributed by atoms with van der Waals surface area (Å²) in [5, 5.41) is 0. The fourth-order valence-corrected chi connectivity index (χ4v) is 2.37. The van der Waals surface area contributed by atoms with E-state index >= 15 is 0 Å². The van der Waals surface area contributed by atoms with Gasteiger partial charge >= 0.3 is 0 Å². The maximum atomic E-state index is 12.5. The van der Waals surface area contributed by atoms with Crippen LogP contribution in [0.3, 0.4) is 0 Å². The van der Waals surface area contributed by atoms with Crippen molar-refractivity contribution in [2.75, 3.05) is 13.2 Å². The number of nitrogens with zero attached hydrogens (tertiary/aromatic N) is 3. The molecular weight excluding hydrogens is 274 g/mol. The fourth-order valence-electron chi connectivity index (χ4n) is 2.37. The number of hydrogen-bond donors (Lipinski definition) is 0. The molecule has 0 radical (unpaired) electrons. The van der Waals surface area contributed by atoms with E-state index in [1.165, 1.54) is 12.8 Å². The van der Waals surface area contributed by atoms with Gasteiger partial charge in [0.2, 0.25) is 5.91 Å². The number of carbonyl (C=O) groups excluding carboxylic acids is 1. The number of hydrogen-bond acceptors (Lipinski definition) is 6. The molecule has 112 valence electrons. The summed E-state index contributed by atoms with van der Waals surface area (Å²) in [5.41, 5.74) is 1.43. The van der Waals surface area contributed by atoms with E-state index in [4.69, 9.17) is 13.6 Å². The van der Waals surface area contributed by atoms with Gasteiger partial charge in [0.25, 0.3) is 0 Å². The van der Waals surface area contributed by atoms with Crippen LogP contribution in [0.4, 0.5) is 0 Å². The molecule has 1 aliphatic rings. The molecule has 1 unspecified atom stereocenters. The molecule has 0 saturated carbocycles. The van der Waals surface area contributed by atoms with Gasteiger partial charge in [-0.2, -0.15) is 0 Å². The summed E-state index contributed by atoms with van der Waals surface area (Å²) < 4.78 is 15.2. The fraction of sp³-hybridized carbons (Fsp3) is 0.500. The van der Waals surface area contributed by atoms with E-state index in [-0.39, 0.29) is 5.91 Å². The van der Waals surface area contributed by atoms with Crippen LogP contribution in [0.15, 0.2) is 34.1 Å². The minimum Gasteiger partial charge on any atom is -0.451 e. The quantitative estimate of drug-likeness (QED) is 0.804. The van der Waals surface area contributed by atoms with Crippen molar-refractivity contribution in [2.24, 2.45) is 5.92 Å². The number of amides is 1. The summed E-state index contributed by atoms with van der Waals surface area (Å²) in [6, 6.07) is 0. The van der Waals surface area contributed by atoms with Crippen molar-refractivity contribution >= 4 is 5.91 Å². The second kappa shape index (κ2) is 6.53. The smallest absolute Gasteiger partial charge is 0.223 e. The Morgan fingerprint density at radius 1 is 1.19 bits per heavy atom. The number of ether oxygens (including phenoxy) is 1. The maximum absolute atomic E-state index is 12.5. The number of oxazole rings is 2. The Morgan fingerprint density at radius 3 is 2.33 bits per heavy atom. The van der Waals surface area contributed by atoms with Gasteiger partial charge in [0, 0.05) is 19.6 Å². The molecular formula is C14H17N3O4. The Kier molecular flexibility index (Phi) is 4.30. The molecule has 0 spiro atoms. The number of rotatable bonds is 6. The largest absolute Gasteiger partial charge is 0.451 e. The van der Waals surface area contributed by atoms with E-state index in [1.54, 1.807) is 17.4 Å². The maximum Gasteiger partial charge on any atom is 0.223 e. The second-order valence-electron chi connectivity index (χ2n) is 5.14. The van der Waals surface area contributed by atoms with Crippen molar-refractivity contribution in [2.45, 2.75) is 25.9 Å². The number of carbonyl (C=O) groups is 1. The van der Waals surface area contributed by atoms with Gasteiger partial charge in [-0.3, -0.25) is 4.79 Å². The molecule has 21 heavy (non-hydrogen) atoms. The minimum atomic E-state index is 0.0662. The van der Waals surface area contributed by atoms with E-state index in [1.807, 2.05) is 0 Å². The molecule has 0 aliphatic carbocycles. The zero-order valence-corrected chi connectivity index (χ0v) is 11.6. The number of aromatic nitrogens is 2. The van der Waals surface area contributed by atoms with Crippen LogP contribution in [-0.2, 0) is 22.6 Å². The molecule has 2 aromatic heterocycles. The first-order chi connectivity index (χ1) is 10.3. The molecule has 1 fully saturated rings. The van der Waals surface area contributed by atoms with Crippen molar-refractivity contribution in [3.05, 3.63) is 36.7 Å². The lowest BCUT2D eigenvalue weighted by Crippen LogP contribution is -2.31. The topological polar surface area (TPSA) is 81.6 Å². The predicted molar refractivity (Wildman–Crippen MR) is 70.8 cm³/mol. The van der Waals surface area contributed by atoms with Gasteiger partial charge in [-0.25, -0.2) is 9.97 Å². The molecule has 3 heterocycles. The second-order valence-corrected chi connectivity index (χ2v) is 5.14. The van der Waals surface area contributed by atoms with Crippen molar-refractivity contribution in [1.29, 1.82) is 0 Å². The molecule has 0 bridgehead atoms. The highest BCUT2D eigenvalue weighted by molar-refractivity contribution is 5.76. The Bertz CT molecular complexity index is 511. The van der Waals surface area contributed by atoms with Crippen molar-refractivity contribution in [3.8, 4) is 0 Å². The van der Waals surface area contributed by atoms with Gasteiger partial charge in [-0.15, -0.1) is 0 Å². The van der Waals surface area contributed by atoms with Crippen LogP contribution in [0.1, 0.15) is 24.2 Å². The summed E-state index contributed by atoms with van der Waals surface area (Å²) in [6.07, 6.45) is 7.23. The van der Waals surface area contributed by atoms with E-state index in [0.29, 0.717) is 32.0 Å². The summed E-state index contributed by atoms with van der Waals surface area (Å²) in [6.45, 7) is 2.20. The van der Waals surface area contributed by atoms with Crippen LogP contribution in [0, 0.1) is 5.92 Å². The molecule has 2 aromatic rings. The zero-order valence-electron chi connectivity index (χ0n) is 11.6. The first-order valence-electron chi connectivity index (χ1n) is 6.91. The van der Waals surface area contributed by atoms with Crippen LogP contribution in [0.5, 0.6) is 0 Å². The van der Waals surface area contributed by atoms with Gasteiger partial charge in [-0.05, 0) is 12.3 Å². The zero-order chi connectivity index (χ0) is 14.5. The Hall–Kier alpha value is -2.15. The molecule has 7 heteroatoms. The lowest BCUT2D eigenvalue weighted by atomic mass is 10.0. The SMILES string of the molecule is O=C(CC1CCOC1)N(Cc1cocn1)Cc1cocn1. The van der Waals surface area contributed by atoms with Gasteiger partial charge in [-0.1, -0.05) is 0 Å². The highest BCUT2D eigenvalue weighted by Gasteiger charge is 2.24. The Morgan fingerprint density at radius 2 is 1.86 bits per heavy atom. The summed E-state index contributed by atoms with van der Waals surface area (Å²) in [7, 11) is 0. The normalized spacial score (nSPS) is 18.0. The highest BCUT2D eigenvalue weighted by atomic mass is 16.5. The minimum absolute atomic E-state index is 0.0662. The van der Waals surface area contributed by atoms with Gasteiger partial charge in [0.1, 0.15) is 12.5 Å². The van der Waals surface area contributed by atoms with E-state index in [9.17, 15) is 4.79 Å². The van der Waals surface area contributed by atoms with Crippen molar-refractivity contribution in [1.82, 2.24) is 14.9 Å². The standard InChI is InChI=1S/C14H17N3O4/c18-14(3-11-1-2-19-6-11)17(4-12-7-20-9-15-12)5-13-8-21-10-16-13/h7-11H,1-6H2. The molecule has 0 N–H and O–H groups in total. The van der Waals surface area contributed by atoms with Crippen LogP contribution in [0.2, 0.25) is 0 Å². The molecule has 1 amide bonds. The third-order valence-electron chi connectivity index (χ3n) is 3.51. The monoisotopic (exact) mass is 291 g/mol. The molecule has 0 aromatic carbocycles. The first kappa shape index (κ1) is 13.8. The van der Waals surface area contributed by atoms with Crippen LogP contribution in [-0.4, -0.2) is 34.0 Å². The van der Waals surface area contributed by atoms with E-state index in [0.717, 1.165) is 24.4 Å². The Balaban J connectivity index is 1.66. The van der Waals surface area contributed by atoms with Crippen LogP contribution in [0.25, 0.3) is 0 Å². The third kappa shape index (κ3) is 3.69. The van der Waals surface area contributed by atoms with Gasteiger partial charge < -0.3 is 18.5 Å². The molecule has 1 aliphatic heterocycles. The average Bonchev–Trinajstić information content (AvgIpc) is 3.21. The first-order valence-corrected chi connectivity index (χ1v) is 6.91. The van der Waals surface area contributed by atoms with Crippen LogP contribution < -0.4 is 0 Å². The molecule has 1 atom stereocenters. The average molecular weight is 291 g/mol. The predicted octanol–water partition coefficient (Wildman–Crippen LogP) is 1.62. The van der Waals surface area contributed by atoms with Crippen molar-refractivity contribution in [3.63, 3.8) is 0 Å². The van der Waals surface area contributed by atoms with Gasteiger partial charge in [0.05, 0.1) is 24.5 Å². The lowest BCUT2D eigenvalue weighted by Gasteiger charge is -2.22. The van der Waals surface area contributed by atoms with Crippen LogP contribution >= 0.6 is 0 Å². The third-order valence-corrected chi connectivity index (χ3v) is 3.51.